The monoisotopic (exact) mass is 393 g/mol. The summed E-state index contributed by atoms with van der Waals surface area (Å²) in [5.74, 6) is 1.89. The second-order valence-electron chi connectivity index (χ2n) is 6.24. The van der Waals surface area contributed by atoms with E-state index in [1.165, 1.54) is 0 Å². The van der Waals surface area contributed by atoms with Gasteiger partial charge in [-0.15, -0.1) is 0 Å². The lowest BCUT2D eigenvalue weighted by molar-refractivity contribution is 0.102. The quantitative estimate of drug-likeness (QED) is 0.619. The third kappa shape index (κ3) is 4.57. The Morgan fingerprint density at radius 2 is 1.59 bits per heavy atom. The van der Waals surface area contributed by atoms with Gasteiger partial charge in [0.2, 0.25) is 5.75 Å². The second-order valence-corrected chi connectivity index (χ2v) is 6.24. The van der Waals surface area contributed by atoms with E-state index in [4.69, 9.17) is 14.2 Å². The summed E-state index contributed by atoms with van der Waals surface area (Å²) in [6, 6.07) is 14.6. The van der Waals surface area contributed by atoms with Crippen LogP contribution >= 0.6 is 0 Å². The van der Waals surface area contributed by atoms with Gasteiger partial charge < -0.3 is 24.8 Å². The molecule has 150 valence electrons. The van der Waals surface area contributed by atoms with E-state index in [9.17, 15) is 4.79 Å². The average molecular weight is 393 g/mol. The van der Waals surface area contributed by atoms with E-state index < -0.39 is 0 Å². The number of methoxy groups -OCH3 is 3. The molecule has 0 spiro atoms. The van der Waals surface area contributed by atoms with Gasteiger partial charge in [0, 0.05) is 23.4 Å². The molecule has 0 aliphatic rings. The Balaban J connectivity index is 1.74. The molecule has 7 nitrogen and oxygen atoms in total. The minimum Gasteiger partial charge on any atom is -0.493 e. The summed E-state index contributed by atoms with van der Waals surface area (Å²) in [6.45, 7) is 1.90. The number of nitrogens with zero attached hydrogens (tertiary/aromatic N) is 1. The first-order chi connectivity index (χ1) is 14.0. The van der Waals surface area contributed by atoms with E-state index in [2.05, 4.69) is 15.6 Å². The summed E-state index contributed by atoms with van der Waals surface area (Å²) >= 11 is 0. The Morgan fingerprint density at radius 3 is 2.14 bits per heavy atom. The molecule has 0 fully saturated rings. The number of pyridine rings is 1. The van der Waals surface area contributed by atoms with Crippen LogP contribution in [0, 0.1) is 6.92 Å². The first-order valence-electron chi connectivity index (χ1n) is 8.95. The molecule has 2 N–H and O–H groups in total. The van der Waals surface area contributed by atoms with Crippen molar-refractivity contribution in [3.8, 4) is 17.2 Å². The van der Waals surface area contributed by atoms with Gasteiger partial charge in [0.25, 0.3) is 5.91 Å². The van der Waals surface area contributed by atoms with E-state index >= 15 is 0 Å². The van der Waals surface area contributed by atoms with Gasteiger partial charge in [-0.3, -0.25) is 4.79 Å². The Kier molecular flexibility index (Phi) is 6.19. The van der Waals surface area contributed by atoms with Crippen LogP contribution in [0.2, 0.25) is 0 Å². The van der Waals surface area contributed by atoms with Gasteiger partial charge in [0.05, 0.1) is 33.2 Å². The lowest BCUT2D eigenvalue weighted by Crippen LogP contribution is -2.14. The van der Waals surface area contributed by atoms with Gasteiger partial charge in [-0.25, -0.2) is 4.98 Å². The fourth-order valence-corrected chi connectivity index (χ4v) is 2.87. The number of carbonyl (C=O) groups excluding carboxylic acids is 1. The van der Waals surface area contributed by atoms with Crippen molar-refractivity contribution in [1.29, 1.82) is 0 Å². The van der Waals surface area contributed by atoms with Gasteiger partial charge in [-0.05, 0) is 30.7 Å². The van der Waals surface area contributed by atoms with Crippen LogP contribution in [0.25, 0.3) is 0 Å². The highest BCUT2D eigenvalue weighted by atomic mass is 16.5. The van der Waals surface area contributed by atoms with Crippen LogP contribution in [0.5, 0.6) is 17.2 Å². The summed E-state index contributed by atoms with van der Waals surface area (Å²) in [5, 5.41) is 6.04. The van der Waals surface area contributed by atoms with Crippen molar-refractivity contribution in [2.24, 2.45) is 0 Å². The Labute approximate surface area is 169 Å². The van der Waals surface area contributed by atoms with E-state index in [1.54, 1.807) is 51.8 Å². The fourth-order valence-electron chi connectivity index (χ4n) is 2.87. The predicted molar refractivity (Wildman–Crippen MR) is 113 cm³/mol. The molecule has 0 bridgehead atoms. The molecule has 0 aliphatic heterocycles. The largest absolute Gasteiger partial charge is 0.493 e. The number of hydrogen-bond acceptors (Lipinski definition) is 6. The smallest absolute Gasteiger partial charge is 0.257 e. The summed E-state index contributed by atoms with van der Waals surface area (Å²) in [7, 11) is 4.68. The number of hydrogen-bond donors (Lipinski definition) is 2. The minimum absolute atomic E-state index is 0.194. The van der Waals surface area contributed by atoms with Crippen molar-refractivity contribution in [2.45, 2.75) is 6.92 Å². The summed E-state index contributed by atoms with van der Waals surface area (Å²) < 4.78 is 16.1. The lowest BCUT2D eigenvalue weighted by Gasteiger charge is -2.15. The highest BCUT2D eigenvalue weighted by Gasteiger charge is 2.13. The molecule has 0 unspecified atom stereocenters. The van der Waals surface area contributed by atoms with Gasteiger partial charge in [-0.2, -0.15) is 0 Å². The van der Waals surface area contributed by atoms with Gasteiger partial charge in [0.1, 0.15) is 5.82 Å². The standard InChI is InChI=1S/C22H23N3O4/c1-14-7-5-6-8-17(14)22(26)25-20-10-9-15(13-23-20)24-16-11-18(27-2)21(29-4)19(12-16)28-3/h5-13,24H,1-4H3,(H,23,25,26). The molecule has 1 heterocycles. The van der Waals surface area contributed by atoms with Crippen molar-refractivity contribution in [3.63, 3.8) is 0 Å². The molecule has 2 aromatic carbocycles. The Bertz CT molecular complexity index is 978. The first kappa shape index (κ1) is 20.0. The predicted octanol–water partition coefficient (Wildman–Crippen LogP) is 4.41. The number of aromatic nitrogens is 1. The van der Waals surface area contributed by atoms with E-state index in [0.29, 0.717) is 28.6 Å². The maximum atomic E-state index is 12.4. The van der Waals surface area contributed by atoms with Crippen molar-refractivity contribution in [3.05, 3.63) is 65.9 Å². The molecular formula is C22H23N3O4. The highest BCUT2D eigenvalue weighted by Crippen LogP contribution is 2.40. The first-order valence-corrected chi connectivity index (χ1v) is 8.95. The molecule has 7 heteroatoms. The maximum Gasteiger partial charge on any atom is 0.257 e. The van der Waals surface area contributed by atoms with Crippen LogP contribution in [-0.2, 0) is 0 Å². The summed E-state index contributed by atoms with van der Waals surface area (Å²) in [6.07, 6.45) is 1.64. The zero-order valence-electron chi connectivity index (χ0n) is 16.8. The molecule has 0 radical (unpaired) electrons. The van der Waals surface area contributed by atoms with Crippen LogP contribution in [0.1, 0.15) is 15.9 Å². The topological polar surface area (TPSA) is 81.7 Å². The molecule has 3 rings (SSSR count). The molecule has 3 aromatic rings. The molecule has 0 aliphatic carbocycles. The van der Waals surface area contributed by atoms with Gasteiger partial charge in [-0.1, -0.05) is 18.2 Å². The van der Waals surface area contributed by atoms with Crippen LogP contribution in [0.3, 0.4) is 0 Å². The van der Waals surface area contributed by atoms with Crippen molar-refractivity contribution >= 4 is 23.1 Å². The third-order valence-corrected chi connectivity index (χ3v) is 4.35. The number of ether oxygens (including phenoxy) is 3. The van der Waals surface area contributed by atoms with Gasteiger partial charge >= 0.3 is 0 Å². The van der Waals surface area contributed by atoms with E-state index in [1.807, 2.05) is 31.2 Å². The molecule has 0 saturated carbocycles. The molecule has 0 saturated heterocycles. The van der Waals surface area contributed by atoms with Crippen LogP contribution < -0.4 is 24.8 Å². The fraction of sp³-hybridized carbons (Fsp3) is 0.182. The Hall–Kier alpha value is -3.74. The molecule has 29 heavy (non-hydrogen) atoms. The zero-order valence-corrected chi connectivity index (χ0v) is 16.8. The molecule has 1 aromatic heterocycles. The Morgan fingerprint density at radius 1 is 0.897 bits per heavy atom. The third-order valence-electron chi connectivity index (χ3n) is 4.35. The second kappa shape index (κ2) is 8.97. The average Bonchev–Trinajstić information content (AvgIpc) is 2.74. The zero-order chi connectivity index (χ0) is 20.8. The number of nitrogens with one attached hydrogen (secondary N) is 2. The van der Waals surface area contributed by atoms with E-state index in [0.717, 1.165) is 16.9 Å². The molecule has 1 amide bonds. The van der Waals surface area contributed by atoms with Crippen molar-refractivity contribution in [2.75, 3.05) is 32.0 Å². The lowest BCUT2D eigenvalue weighted by atomic mass is 10.1. The highest BCUT2D eigenvalue weighted by molar-refractivity contribution is 6.04. The number of carbonyl (C=O) groups is 1. The van der Waals surface area contributed by atoms with Crippen LogP contribution in [-0.4, -0.2) is 32.2 Å². The number of anilines is 3. The normalized spacial score (nSPS) is 10.2. The van der Waals surface area contributed by atoms with Crippen molar-refractivity contribution in [1.82, 2.24) is 4.98 Å². The summed E-state index contributed by atoms with van der Waals surface area (Å²) in [5.41, 5.74) is 3.02. The minimum atomic E-state index is -0.194. The van der Waals surface area contributed by atoms with Crippen LogP contribution in [0.15, 0.2) is 54.7 Å². The van der Waals surface area contributed by atoms with E-state index in [-0.39, 0.29) is 5.91 Å². The van der Waals surface area contributed by atoms with Crippen LogP contribution in [0.4, 0.5) is 17.2 Å². The summed E-state index contributed by atoms with van der Waals surface area (Å²) in [4.78, 5) is 16.7. The number of amides is 1. The van der Waals surface area contributed by atoms with Crippen molar-refractivity contribution < 1.29 is 19.0 Å². The SMILES string of the molecule is COc1cc(Nc2ccc(NC(=O)c3ccccc3C)nc2)cc(OC)c1OC. The van der Waals surface area contributed by atoms with Gasteiger partial charge in [0.15, 0.2) is 11.5 Å². The molecular weight excluding hydrogens is 370 g/mol. The number of benzene rings is 2. The number of rotatable bonds is 7. The molecule has 0 atom stereocenters. The maximum absolute atomic E-state index is 12.4. The number of aryl methyl sites for hydroxylation is 1.